The van der Waals surface area contributed by atoms with Crippen LogP contribution >= 0.6 is 0 Å². The first-order valence-corrected chi connectivity index (χ1v) is 14.0. The maximum absolute atomic E-state index is 7.50. The molecule has 1 unspecified atom stereocenters. The molecule has 8 nitrogen and oxygen atoms in total. The number of ether oxygens (including phenoxy) is 1. The fraction of sp³-hybridized carbons (Fsp3) is 0.375. The molecule has 232 valence electrons. The first-order chi connectivity index (χ1) is 20.0. The number of rotatable bonds is 4. The molecular formula is C32H34Co2O8Si. The zero-order chi connectivity index (χ0) is 32.6. The predicted octanol–water partition coefficient (Wildman–Crippen LogP) is 4.69. The molecule has 0 spiro atoms. The summed E-state index contributed by atoms with van der Waals surface area (Å²) in [4.78, 5) is 0. The summed E-state index contributed by atoms with van der Waals surface area (Å²) in [5, 5.41) is 2.57. The monoisotopic (exact) mass is 692 g/mol. The molecule has 2 radical (unpaired) electrons. The van der Waals surface area contributed by atoms with E-state index in [1.54, 1.807) is 0 Å². The van der Waals surface area contributed by atoms with E-state index in [0.717, 1.165) is 19.4 Å². The van der Waals surface area contributed by atoms with E-state index < -0.39 is 8.32 Å². The molecular weight excluding hydrogens is 658 g/mol. The van der Waals surface area contributed by atoms with Crippen molar-refractivity contribution in [2.24, 2.45) is 0 Å². The molecule has 0 saturated carbocycles. The van der Waals surface area contributed by atoms with Crippen LogP contribution in [-0.4, -0.2) is 27.6 Å². The largest absolute Gasteiger partial charge is 0 e. The van der Waals surface area contributed by atoms with E-state index >= 15 is 0 Å². The molecule has 43 heavy (non-hydrogen) atoms. The standard InChI is InChI=1S/C26H34O2Si.6CO.2Co/c1-26(2,3)29(24-17-9-6-10-18-24,25-19-11-7-12-20-25)28-22-14-16-23-15-8-4-5-13-21-27-23;6*1-2;;/h6-7,9-12,17-20,23H,4-5,8,13,15,21-22H2,1-3H3;;;;;;;;. The van der Waals surface area contributed by atoms with Gasteiger partial charge in [-0.05, 0) is 34.7 Å². The average Bonchev–Trinajstić information content (AvgIpc) is 3.04. The van der Waals surface area contributed by atoms with E-state index in [4.69, 9.17) is 37.1 Å². The van der Waals surface area contributed by atoms with Crippen LogP contribution < -0.4 is 10.4 Å². The molecule has 0 aliphatic carbocycles. The molecule has 2 aromatic carbocycles. The summed E-state index contributed by atoms with van der Waals surface area (Å²) in [5.41, 5.74) is 0. The molecule has 0 amide bonds. The van der Waals surface area contributed by atoms with E-state index in [1.165, 1.54) is 29.6 Å². The first kappa shape index (κ1) is 53.2. The van der Waals surface area contributed by atoms with Gasteiger partial charge in [0.15, 0.2) is 0 Å². The van der Waals surface area contributed by atoms with Crippen LogP contribution in [0.3, 0.4) is 0 Å². The molecule has 1 aliphatic heterocycles. The number of hydrogen-bond acceptors (Lipinski definition) is 2. The first-order valence-electron chi connectivity index (χ1n) is 12.1. The fourth-order valence-corrected chi connectivity index (χ4v) is 8.71. The van der Waals surface area contributed by atoms with E-state index in [1.807, 2.05) is 0 Å². The predicted molar refractivity (Wildman–Crippen MR) is 148 cm³/mol. The van der Waals surface area contributed by atoms with Gasteiger partial charge in [-0.3, -0.25) is 0 Å². The van der Waals surface area contributed by atoms with Gasteiger partial charge >= 0.3 is 67.8 Å². The summed E-state index contributed by atoms with van der Waals surface area (Å²) in [6, 6.07) is 21.5. The number of hydrogen-bond donors (Lipinski definition) is 0. The maximum Gasteiger partial charge on any atom is 0 e. The third-order valence-corrected chi connectivity index (χ3v) is 10.7. The van der Waals surface area contributed by atoms with Crippen LogP contribution in [0.1, 0.15) is 52.9 Å². The molecule has 0 bridgehead atoms. The summed E-state index contributed by atoms with van der Waals surface area (Å²) < 4.78 is 57.8. The summed E-state index contributed by atoms with van der Waals surface area (Å²) >= 11 is 0. The van der Waals surface area contributed by atoms with Gasteiger partial charge in [-0.1, -0.05) is 106 Å². The minimum Gasteiger partial charge on any atom is 0 e. The van der Waals surface area contributed by atoms with Gasteiger partial charge < -0.3 is 9.16 Å². The Morgan fingerprint density at radius 3 is 1.49 bits per heavy atom. The molecule has 0 N–H and O–H groups in total. The summed E-state index contributed by atoms with van der Waals surface area (Å²) in [6.45, 7) is 35.2. The smallest absolute Gasteiger partial charge is 0 e. The van der Waals surface area contributed by atoms with Crippen LogP contribution in [0.5, 0.6) is 0 Å². The zero-order valence-electron chi connectivity index (χ0n) is 24.2. The molecule has 1 fully saturated rings. The van der Waals surface area contributed by atoms with Gasteiger partial charge in [0, 0.05) is 40.2 Å². The molecule has 1 heterocycles. The quantitative estimate of drug-likeness (QED) is 0.199. The molecule has 3 rings (SSSR count). The van der Waals surface area contributed by atoms with Crippen LogP contribution in [0.15, 0.2) is 60.7 Å². The third-order valence-electron chi connectivity index (χ3n) is 5.72. The van der Waals surface area contributed by atoms with Crippen molar-refractivity contribution in [3.63, 3.8) is 0 Å². The Balaban J connectivity index is -0.000000218. The van der Waals surface area contributed by atoms with Crippen molar-refractivity contribution >= 4 is 18.7 Å². The molecule has 0 aromatic heterocycles. The van der Waals surface area contributed by atoms with E-state index in [-0.39, 0.29) is 44.7 Å². The Hall–Kier alpha value is -2.41. The summed E-state index contributed by atoms with van der Waals surface area (Å²) in [7, 11) is -2.50. The van der Waals surface area contributed by atoms with E-state index in [0.29, 0.717) is 6.61 Å². The fourth-order valence-electron chi connectivity index (χ4n) is 4.27. The Bertz CT molecular complexity index is 987. The van der Waals surface area contributed by atoms with Crippen molar-refractivity contribution in [1.29, 1.82) is 0 Å². The van der Waals surface area contributed by atoms with Gasteiger partial charge in [0.2, 0.25) is 0 Å². The van der Waals surface area contributed by atoms with Gasteiger partial charge in [0.05, 0.1) is 6.61 Å². The maximum atomic E-state index is 7.50. The van der Waals surface area contributed by atoms with Crippen LogP contribution in [0.4, 0.5) is 0 Å². The normalized spacial score (nSPS) is 12.6. The summed E-state index contributed by atoms with van der Waals surface area (Å²) in [6.07, 6.45) is 6.01. The van der Waals surface area contributed by atoms with Crippen molar-refractivity contribution in [1.82, 2.24) is 0 Å². The minimum atomic E-state index is -2.50. The Morgan fingerprint density at radius 1 is 0.698 bits per heavy atom. The second kappa shape index (κ2) is 37.6. The van der Waals surface area contributed by atoms with Crippen molar-refractivity contribution in [2.75, 3.05) is 13.2 Å². The van der Waals surface area contributed by atoms with Gasteiger partial charge in [-0.25, -0.2) is 0 Å². The van der Waals surface area contributed by atoms with Crippen LogP contribution in [0.2, 0.25) is 5.04 Å². The van der Waals surface area contributed by atoms with E-state index in [2.05, 4.69) is 133 Å². The SMILES string of the molecule is CC(C)(C)[Si](OCC#CC1CCCCCCO1)(c1ccccc1)c1ccccc1.[C-]#[O+].[C-]#[O+].[C-]#[O+].[C-]#[O+].[C-]#[O+].[C-]#[O+].[Co].[Co]. The molecule has 1 saturated heterocycles. The second-order valence-corrected chi connectivity index (χ2v) is 13.1. The van der Waals surface area contributed by atoms with Gasteiger partial charge in [0.25, 0.3) is 8.32 Å². The van der Waals surface area contributed by atoms with E-state index in [9.17, 15) is 0 Å². The van der Waals surface area contributed by atoms with Crippen molar-refractivity contribution in [2.45, 2.75) is 64.0 Å². The van der Waals surface area contributed by atoms with Crippen LogP contribution in [0, 0.1) is 51.7 Å². The Labute approximate surface area is 277 Å². The molecule has 11 heteroatoms. The second-order valence-electron chi connectivity index (χ2n) is 8.84. The third kappa shape index (κ3) is 20.2. The summed E-state index contributed by atoms with van der Waals surface area (Å²) in [5.74, 6) is 6.65. The molecule has 1 aliphatic rings. The Kier molecular flexibility index (Phi) is 46.5. The van der Waals surface area contributed by atoms with Crippen LogP contribution in [-0.2, 0) is 70.6 Å². The molecule has 2 aromatic rings. The van der Waals surface area contributed by atoms with Gasteiger partial charge in [-0.2, -0.15) is 0 Å². The zero-order valence-corrected chi connectivity index (χ0v) is 27.3. The van der Waals surface area contributed by atoms with Crippen molar-refractivity contribution in [3.05, 3.63) is 101 Å². The average molecular weight is 693 g/mol. The van der Waals surface area contributed by atoms with Gasteiger partial charge in [-0.15, -0.1) is 0 Å². The molecule has 1 atom stereocenters. The van der Waals surface area contributed by atoms with Crippen molar-refractivity contribution < 1.29 is 70.6 Å². The minimum absolute atomic E-state index is 0. The van der Waals surface area contributed by atoms with Gasteiger partial charge in [0.1, 0.15) is 6.10 Å². The number of benzene rings is 2. The topological polar surface area (TPSA) is 138 Å². The van der Waals surface area contributed by atoms with Crippen molar-refractivity contribution in [3.8, 4) is 11.8 Å². The van der Waals surface area contributed by atoms with Crippen LogP contribution in [0.25, 0.3) is 0 Å². The Morgan fingerprint density at radius 2 is 1.09 bits per heavy atom.